The Kier molecular flexibility index (Phi) is 3.23. The lowest BCUT2D eigenvalue weighted by atomic mass is 10.0. The van der Waals surface area contributed by atoms with Crippen molar-refractivity contribution in [3.63, 3.8) is 0 Å². The van der Waals surface area contributed by atoms with Crippen molar-refractivity contribution in [1.29, 1.82) is 0 Å². The van der Waals surface area contributed by atoms with E-state index in [0.29, 0.717) is 0 Å². The van der Waals surface area contributed by atoms with Crippen LogP contribution in [0.25, 0.3) is 0 Å². The molecule has 0 aliphatic heterocycles. The first kappa shape index (κ1) is 9.20. The molecule has 0 heterocycles. The molecule has 1 N–H and O–H groups in total. The van der Waals surface area contributed by atoms with Gasteiger partial charge in [0.1, 0.15) is 0 Å². The average molecular weight is 168 g/mol. The Morgan fingerprint density at radius 2 is 1.92 bits per heavy atom. The third-order valence-corrected chi connectivity index (χ3v) is 1.96. The van der Waals surface area contributed by atoms with E-state index in [2.05, 4.69) is 0 Å². The van der Waals surface area contributed by atoms with Gasteiger partial charge >= 0.3 is 0 Å². The number of aryl methyl sites for hydroxylation is 1. The van der Waals surface area contributed by atoms with Crippen LogP contribution in [0, 0.1) is 6.92 Å². The highest BCUT2D eigenvalue weighted by atomic mass is 19.1. The Labute approximate surface area is 71.9 Å². The van der Waals surface area contributed by atoms with Crippen molar-refractivity contribution in [2.75, 3.05) is 13.3 Å². The number of hydrogen-bond donors (Lipinski definition) is 1. The van der Waals surface area contributed by atoms with Gasteiger partial charge in [0.15, 0.2) is 0 Å². The average Bonchev–Trinajstić information content (AvgIpc) is 2.10. The molecule has 1 unspecified atom stereocenters. The Hall–Kier alpha value is -0.890. The van der Waals surface area contributed by atoms with E-state index in [-0.39, 0.29) is 12.5 Å². The minimum Gasteiger partial charge on any atom is -0.396 e. The van der Waals surface area contributed by atoms with Crippen LogP contribution in [0.3, 0.4) is 0 Å². The van der Waals surface area contributed by atoms with Crippen LogP contribution in [0.1, 0.15) is 17.0 Å². The van der Waals surface area contributed by atoms with Crippen LogP contribution in [0.15, 0.2) is 24.3 Å². The third kappa shape index (κ3) is 2.05. The van der Waals surface area contributed by atoms with Gasteiger partial charge in [0.2, 0.25) is 0 Å². The fraction of sp³-hybridized carbons (Fsp3) is 0.400. The summed E-state index contributed by atoms with van der Waals surface area (Å²) in [5.74, 6) is -0.356. The molecule has 0 saturated carbocycles. The summed E-state index contributed by atoms with van der Waals surface area (Å²) in [6.07, 6.45) is 0. The van der Waals surface area contributed by atoms with Crippen molar-refractivity contribution in [2.45, 2.75) is 12.8 Å². The van der Waals surface area contributed by atoms with Crippen LogP contribution in [-0.2, 0) is 0 Å². The molecular weight excluding hydrogens is 155 g/mol. The van der Waals surface area contributed by atoms with E-state index in [0.717, 1.165) is 11.1 Å². The minimum atomic E-state index is -0.500. The van der Waals surface area contributed by atoms with Crippen LogP contribution in [-0.4, -0.2) is 18.4 Å². The van der Waals surface area contributed by atoms with Gasteiger partial charge in [-0.05, 0) is 12.5 Å². The van der Waals surface area contributed by atoms with Crippen molar-refractivity contribution in [3.05, 3.63) is 35.4 Å². The second-order valence-electron chi connectivity index (χ2n) is 2.94. The zero-order chi connectivity index (χ0) is 8.97. The van der Waals surface area contributed by atoms with E-state index < -0.39 is 6.67 Å². The second-order valence-corrected chi connectivity index (χ2v) is 2.94. The van der Waals surface area contributed by atoms with E-state index in [4.69, 9.17) is 5.11 Å². The van der Waals surface area contributed by atoms with Gasteiger partial charge in [-0.2, -0.15) is 0 Å². The normalized spacial score (nSPS) is 12.9. The SMILES string of the molecule is Cc1ccc(C(CO)CF)cc1. The molecule has 0 fully saturated rings. The van der Waals surface area contributed by atoms with Crippen LogP contribution in [0.4, 0.5) is 4.39 Å². The molecule has 66 valence electrons. The van der Waals surface area contributed by atoms with Crippen molar-refractivity contribution in [2.24, 2.45) is 0 Å². The first-order valence-electron chi connectivity index (χ1n) is 4.01. The molecule has 0 spiro atoms. The predicted molar refractivity (Wildman–Crippen MR) is 47.0 cm³/mol. The number of hydrogen-bond acceptors (Lipinski definition) is 1. The Morgan fingerprint density at radius 1 is 1.33 bits per heavy atom. The lowest BCUT2D eigenvalue weighted by Gasteiger charge is -2.09. The maximum absolute atomic E-state index is 12.3. The fourth-order valence-corrected chi connectivity index (χ4v) is 1.08. The zero-order valence-electron chi connectivity index (χ0n) is 7.13. The Morgan fingerprint density at radius 3 is 2.33 bits per heavy atom. The predicted octanol–water partition coefficient (Wildman–Crippen LogP) is 2.04. The molecule has 2 heteroatoms. The smallest absolute Gasteiger partial charge is 0.0984 e. The fourth-order valence-electron chi connectivity index (χ4n) is 1.08. The second kappa shape index (κ2) is 4.21. The summed E-state index contributed by atoms with van der Waals surface area (Å²) in [6.45, 7) is 1.35. The molecule has 0 saturated heterocycles. The molecule has 0 amide bonds. The topological polar surface area (TPSA) is 20.2 Å². The van der Waals surface area contributed by atoms with Crippen molar-refractivity contribution in [1.82, 2.24) is 0 Å². The molecule has 0 aliphatic carbocycles. The van der Waals surface area contributed by atoms with Crippen LogP contribution in [0.2, 0.25) is 0 Å². The van der Waals surface area contributed by atoms with Crippen molar-refractivity contribution < 1.29 is 9.50 Å². The van der Waals surface area contributed by atoms with Gasteiger partial charge in [0.05, 0.1) is 13.3 Å². The highest BCUT2D eigenvalue weighted by Crippen LogP contribution is 2.15. The summed E-state index contributed by atoms with van der Waals surface area (Å²) in [7, 11) is 0. The number of halogens is 1. The molecule has 0 radical (unpaired) electrons. The summed E-state index contributed by atoms with van der Waals surface area (Å²) in [5.41, 5.74) is 2.01. The number of aliphatic hydroxyl groups excluding tert-OH is 1. The quantitative estimate of drug-likeness (QED) is 0.732. The van der Waals surface area contributed by atoms with Crippen LogP contribution >= 0.6 is 0 Å². The van der Waals surface area contributed by atoms with Crippen molar-refractivity contribution >= 4 is 0 Å². The van der Waals surface area contributed by atoms with Gasteiger partial charge in [-0.1, -0.05) is 29.8 Å². The molecule has 1 nitrogen and oxygen atoms in total. The monoisotopic (exact) mass is 168 g/mol. The third-order valence-electron chi connectivity index (χ3n) is 1.96. The van der Waals surface area contributed by atoms with Gasteiger partial charge in [-0.15, -0.1) is 0 Å². The molecular formula is C10H13FO. The maximum Gasteiger partial charge on any atom is 0.0984 e. The number of aliphatic hydroxyl groups is 1. The highest BCUT2D eigenvalue weighted by molar-refractivity contribution is 5.24. The maximum atomic E-state index is 12.3. The van der Waals surface area contributed by atoms with Gasteiger partial charge in [0.25, 0.3) is 0 Å². The van der Waals surface area contributed by atoms with E-state index in [1.54, 1.807) is 0 Å². The molecule has 0 bridgehead atoms. The van der Waals surface area contributed by atoms with Gasteiger partial charge in [-0.25, -0.2) is 0 Å². The number of rotatable bonds is 3. The summed E-state index contributed by atoms with van der Waals surface area (Å²) in [5, 5.41) is 8.81. The summed E-state index contributed by atoms with van der Waals surface area (Å²) in [4.78, 5) is 0. The first-order valence-corrected chi connectivity index (χ1v) is 4.01. The van der Waals surface area contributed by atoms with E-state index >= 15 is 0 Å². The summed E-state index contributed by atoms with van der Waals surface area (Å²) < 4.78 is 12.3. The van der Waals surface area contributed by atoms with Gasteiger partial charge in [-0.3, -0.25) is 4.39 Å². The molecule has 12 heavy (non-hydrogen) atoms. The minimum absolute atomic E-state index is 0.125. The molecule has 0 aromatic heterocycles. The number of alkyl halides is 1. The van der Waals surface area contributed by atoms with E-state index in [1.807, 2.05) is 31.2 Å². The first-order chi connectivity index (χ1) is 5.77. The van der Waals surface area contributed by atoms with E-state index in [9.17, 15) is 4.39 Å². The van der Waals surface area contributed by atoms with Crippen LogP contribution in [0.5, 0.6) is 0 Å². The summed E-state index contributed by atoms with van der Waals surface area (Å²) >= 11 is 0. The molecule has 1 rings (SSSR count). The molecule has 1 aromatic carbocycles. The van der Waals surface area contributed by atoms with Gasteiger partial charge < -0.3 is 5.11 Å². The van der Waals surface area contributed by atoms with Crippen LogP contribution < -0.4 is 0 Å². The Balaban J connectivity index is 2.80. The standard InChI is InChI=1S/C10H13FO/c1-8-2-4-9(5-3-8)10(6-11)7-12/h2-5,10,12H,6-7H2,1H3. The van der Waals surface area contributed by atoms with Gasteiger partial charge in [0, 0.05) is 5.92 Å². The largest absolute Gasteiger partial charge is 0.396 e. The highest BCUT2D eigenvalue weighted by Gasteiger charge is 2.08. The van der Waals surface area contributed by atoms with Crippen molar-refractivity contribution in [3.8, 4) is 0 Å². The number of benzene rings is 1. The zero-order valence-corrected chi connectivity index (χ0v) is 7.13. The lowest BCUT2D eigenvalue weighted by molar-refractivity contribution is 0.241. The molecule has 1 atom stereocenters. The molecule has 0 aliphatic rings. The lowest BCUT2D eigenvalue weighted by Crippen LogP contribution is -2.05. The summed E-state index contributed by atoms with van der Waals surface area (Å²) in [6, 6.07) is 7.56. The van der Waals surface area contributed by atoms with E-state index in [1.165, 1.54) is 0 Å². The molecule has 1 aromatic rings. The Bertz CT molecular complexity index is 226.